The highest BCUT2D eigenvalue weighted by Crippen LogP contribution is 2.14. The summed E-state index contributed by atoms with van der Waals surface area (Å²) in [6.45, 7) is 2.92. The van der Waals surface area contributed by atoms with Crippen LogP contribution in [0.25, 0.3) is 0 Å². The highest BCUT2D eigenvalue weighted by molar-refractivity contribution is 4.78. The van der Waals surface area contributed by atoms with Gasteiger partial charge in [0, 0.05) is 24.9 Å². The van der Waals surface area contributed by atoms with Crippen molar-refractivity contribution in [3.8, 4) is 0 Å². The lowest BCUT2D eigenvalue weighted by molar-refractivity contribution is -0.0375. The Labute approximate surface area is 66.0 Å². The molecule has 2 rings (SSSR count). The average molecular weight is 152 g/mol. The maximum atomic E-state index is 5.08. The molecule has 2 heterocycles. The first kappa shape index (κ1) is 6.85. The van der Waals surface area contributed by atoms with Gasteiger partial charge in [0.25, 0.3) is 0 Å². The van der Waals surface area contributed by atoms with Gasteiger partial charge in [0.1, 0.15) is 0 Å². The molecule has 0 saturated carbocycles. The van der Waals surface area contributed by atoms with E-state index in [9.17, 15) is 0 Å². The molecule has 1 aromatic heterocycles. The Morgan fingerprint density at radius 3 is 3.00 bits per heavy atom. The summed E-state index contributed by atoms with van der Waals surface area (Å²) in [5.74, 6) is 0.777. The fraction of sp³-hybridized carbons (Fsp3) is 0.625. The molecule has 1 fully saturated rings. The Morgan fingerprint density at radius 2 is 2.45 bits per heavy atom. The van der Waals surface area contributed by atoms with Gasteiger partial charge in [-0.25, -0.2) is 0 Å². The van der Waals surface area contributed by atoms with Gasteiger partial charge < -0.3 is 4.74 Å². The summed E-state index contributed by atoms with van der Waals surface area (Å²) in [4.78, 5) is 0. The summed E-state index contributed by atoms with van der Waals surface area (Å²) < 4.78 is 7.05. The molecule has 1 aliphatic rings. The predicted octanol–water partition coefficient (Wildman–Crippen LogP) is 0.920. The third-order valence-electron chi connectivity index (χ3n) is 2.03. The largest absolute Gasteiger partial charge is 0.381 e. The molecular formula is C8H12N2O. The van der Waals surface area contributed by atoms with E-state index < -0.39 is 0 Å². The molecule has 1 aliphatic heterocycles. The molecule has 60 valence electrons. The van der Waals surface area contributed by atoms with Crippen molar-refractivity contribution < 1.29 is 4.74 Å². The first-order valence-corrected chi connectivity index (χ1v) is 4.00. The number of ether oxygens (including phenoxy) is 1. The number of rotatable bonds is 3. The summed E-state index contributed by atoms with van der Waals surface area (Å²) in [6, 6.07) is 1.96. The van der Waals surface area contributed by atoms with Gasteiger partial charge in [0.2, 0.25) is 0 Å². The first-order chi connectivity index (χ1) is 5.45. The molecule has 3 nitrogen and oxygen atoms in total. The highest BCUT2D eigenvalue weighted by Gasteiger charge is 2.17. The zero-order valence-electron chi connectivity index (χ0n) is 6.44. The first-order valence-electron chi connectivity index (χ1n) is 4.00. The minimum absolute atomic E-state index is 0.777. The molecule has 0 aliphatic carbocycles. The van der Waals surface area contributed by atoms with E-state index in [4.69, 9.17) is 4.74 Å². The van der Waals surface area contributed by atoms with E-state index >= 15 is 0 Å². The summed E-state index contributed by atoms with van der Waals surface area (Å²) in [7, 11) is 0. The van der Waals surface area contributed by atoms with E-state index in [0.717, 1.165) is 25.7 Å². The van der Waals surface area contributed by atoms with E-state index in [2.05, 4.69) is 5.10 Å². The number of aromatic nitrogens is 2. The van der Waals surface area contributed by atoms with E-state index in [0.29, 0.717) is 0 Å². The number of nitrogens with zero attached hydrogens (tertiary/aromatic N) is 2. The fourth-order valence-electron chi connectivity index (χ4n) is 1.20. The summed E-state index contributed by atoms with van der Waals surface area (Å²) in [6.07, 6.45) is 5.01. The van der Waals surface area contributed by atoms with Crippen LogP contribution in [0.15, 0.2) is 18.5 Å². The maximum Gasteiger partial charge on any atom is 0.0517 e. The predicted molar refractivity (Wildman–Crippen MR) is 41.2 cm³/mol. The molecule has 0 amide bonds. The Kier molecular flexibility index (Phi) is 1.90. The molecule has 0 bridgehead atoms. The number of hydrogen-bond donors (Lipinski definition) is 0. The van der Waals surface area contributed by atoms with Gasteiger partial charge in [-0.2, -0.15) is 5.10 Å². The Bertz CT molecular complexity index is 204. The van der Waals surface area contributed by atoms with Crippen LogP contribution in [0.1, 0.15) is 6.42 Å². The average Bonchev–Trinajstić information content (AvgIpc) is 2.36. The van der Waals surface area contributed by atoms with Gasteiger partial charge in [-0.05, 0) is 12.5 Å². The van der Waals surface area contributed by atoms with E-state index in [-0.39, 0.29) is 0 Å². The molecule has 3 heteroatoms. The van der Waals surface area contributed by atoms with Crippen LogP contribution in [0.5, 0.6) is 0 Å². The molecule has 1 saturated heterocycles. The Morgan fingerprint density at radius 1 is 1.55 bits per heavy atom. The molecule has 0 spiro atoms. The summed E-state index contributed by atoms with van der Waals surface area (Å²) in [5, 5.41) is 4.12. The van der Waals surface area contributed by atoms with Crippen molar-refractivity contribution in [2.45, 2.75) is 13.0 Å². The lowest BCUT2D eigenvalue weighted by Crippen LogP contribution is -2.28. The van der Waals surface area contributed by atoms with Crippen molar-refractivity contribution in [1.29, 1.82) is 0 Å². The van der Waals surface area contributed by atoms with E-state index in [1.54, 1.807) is 0 Å². The Hall–Kier alpha value is -0.830. The second-order valence-corrected chi connectivity index (χ2v) is 2.96. The van der Waals surface area contributed by atoms with Gasteiger partial charge in [-0.15, -0.1) is 0 Å². The van der Waals surface area contributed by atoms with Crippen molar-refractivity contribution in [2.24, 2.45) is 5.92 Å². The minimum atomic E-state index is 0.777. The van der Waals surface area contributed by atoms with Crippen LogP contribution in [0.2, 0.25) is 0 Å². The van der Waals surface area contributed by atoms with Gasteiger partial charge in [-0.3, -0.25) is 4.68 Å². The quantitative estimate of drug-likeness (QED) is 0.644. The molecular weight excluding hydrogens is 140 g/mol. The van der Waals surface area contributed by atoms with Crippen LogP contribution in [-0.2, 0) is 11.3 Å². The van der Waals surface area contributed by atoms with Gasteiger partial charge in [0.15, 0.2) is 0 Å². The van der Waals surface area contributed by atoms with Crippen molar-refractivity contribution in [1.82, 2.24) is 9.78 Å². The third-order valence-corrected chi connectivity index (χ3v) is 2.03. The normalized spacial score (nSPS) is 18.2. The Balaban J connectivity index is 1.74. The molecule has 1 aromatic rings. The topological polar surface area (TPSA) is 27.1 Å². The zero-order chi connectivity index (χ0) is 7.52. The SMILES string of the molecule is c1cnn(CCC2COC2)c1. The van der Waals surface area contributed by atoms with Gasteiger partial charge >= 0.3 is 0 Å². The fourth-order valence-corrected chi connectivity index (χ4v) is 1.20. The lowest BCUT2D eigenvalue weighted by Gasteiger charge is -2.25. The van der Waals surface area contributed by atoms with Gasteiger partial charge in [0.05, 0.1) is 13.2 Å². The van der Waals surface area contributed by atoms with Crippen LogP contribution in [0.3, 0.4) is 0 Å². The molecule has 0 atom stereocenters. The molecule has 11 heavy (non-hydrogen) atoms. The van der Waals surface area contributed by atoms with Crippen LogP contribution in [0, 0.1) is 5.92 Å². The lowest BCUT2D eigenvalue weighted by atomic mass is 10.0. The van der Waals surface area contributed by atoms with Crippen LogP contribution in [0.4, 0.5) is 0 Å². The molecule has 0 aromatic carbocycles. The minimum Gasteiger partial charge on any atom is -0.381 e. The smallest absolute Gasteiger partial charge is 0.0517 e. The van der Waals surface area contributed by atoms with Crippen molar-refractivity contribution >= 4 is 0 Å². The molecule has 0 radical (unpaired) electrons. The van der Waals surface area contributed by atoms with Crippen LogP contribution in [-0.4, -0.2) is 23.0 Å². The van der Waals surface area contributed by atoms with Crippen molar-refractivity contribution in [3.63, 3.8) is 0 Å². The van der Waals surface area contributed by atoms with E-state index in [1.165, 1.54) is 6.42 Å². The molecule has 0 N–H and O–H groups in total. The van der Waals surface area contributed by atoms with Crippen molar-refractivity contribution in [2.75, 3.05) is 13.2 Å². The monoisotopic (exact) mass is 152 g/mol. The third kappa shape index (κ3) is 1.60. The standard InChI is InChI=1S/C8H12N2O/c1-3-9-10(4-1)5-2-8-6-11-7-8/h1,3-4,8H,2,5-7H2. The highest BCUT2D eigenvalue weighted by atomic mass is 16.5. The van der Waals surface area contributed by atoms with Gasteiger partial charge in [-0.1, -0.05) is 0 Å². The summed E-state index contributed by atoms with van der Waals surface area (Å²) >= 11 is 0. The van der Waals surface area contributed by atoms with Crippen molar-refractivity contribution in [3.05, 3.63) is 18.5 Å². The number of hydrogen-bond acceptors (Lipinski definition) is 2. The van der Waals surface area contributed by atoms with E-state index in [1.807, 2.05) is 23.1 Å². The number of aryl methyl sites for hydroxylation is 1. The second-order valence-electron chi connectivity index (χ2n) is 2.96. The zero-order valence-corrected chi connectivity index (χ0v) is 6.44. The summed E-state index contributed by atoms with van der Waals surface area (Å²) in [5.41, 5.74) is 0. The molecule has 0 unspecified atom stereocenters. The maximum absolute atomic E-state index is 5.08. The van der Waals surface area contributed by atoms with Crippen LogP contribution < -0.4 is 0 Å². The second kappa shape index (κ2) is 3.05. The van der Waals surface area contributed by atoms with Crippen LogP contribution >= 0.6 is 0 Å².